The zero-order chi connectivity index (χ0) is 18.8. The Morgan fingerprint density at radius 3 is 2.48 bits per heavy atom. The van der Waals surface area contributed by atoms with Crippen LogP contribution >= 0.6 is 0 Å². The van der Waals surface area contributed by atoms with Crippen molar-refractivity contribution in [2.45, 2.75) is 25.0 Å². The fourth-order valence-electron chi connectivity index (χ4n) is 2.90. The maximum atomic E-state index is 12.7. The molecule has 6 heteroatoms. The smallest absolute Gasteiger partial charge is 0.355 e. The van der Waals surface area contributed by atoms with Crippen molar-refractivity contribution in [1.29, 1.82) is 0 Å². The van der Waals surface area contributed by atoms with E-state index in [0.717, 1.165) is 12.8 Å². The molecular formula is C21H18N2O4. The summed E-state index contributed by atoms with van der Waals surface area (Å²) in [4.78, 5) is 40.0. The Hall–Kier alpha value is -3.41. The van der Waals surface area contributed by atoms with E-state index in [1.165, 1.54) is 0 Å². The highest BCUT2D eigenvalue weighted by atomic mass is 16.5. The summed E-state index contributed by atoms with van der Waals surface area (Å²) in [6, 6.07) is 17.5. The topological polar surface area (TPSA) is 88.3 Å². The van der Waals surface area contributed by atoms with Crippen LogP contribution in [-0.4, -0.2) is 22.9 Å². The van der Waals surface area contributed by atoms with Gasteiger partial charge in [-0.1, -0.05) is 48.5 Å². The summed E-state index contributed by atoms with van der Waals surface area (Å²) >= 11 is 0. The van der Waals surface area contributed by atoms with Crippen LogP contribution in [0.2, 0.25) is 0 Å². The first-order valence-corrected chi connectivity index (χ1v) is 8.80. The van der Waals surface area contributed by atoms with Crippen LogP contribution in [0.4, 0.5) is 0 Å². The third-order valence-corrected chi connectivity index (χ3v) is 4.46. The molecule has 0 spiro atoms. The van der Waals surface area contributed by atoms with Gasteiger partial charge >= 0.3 is 5.97 Å². The lowest BCUT2D eigenvalue weighted by molar-refractivity contribution is -0.130. The van der Waals surface area contributed by atoms with Crippen LogP contribution in [-0.2, 0) is 9.53 Å². The minimum Gasteiger partial charge on any atom is -0.443 e. The number of esters is 1. The van der Waals surface area contributed by atoms with Gasteiger partial charge in [0.05, 0.1) is 0 Å². The van der Waals surface area contributed by atoms with E-state index in [9.17, 15) is 14.4 Å². The van der Waals surface area contributed by atoms with E-state index in [2.05, 4.69) is 10.3 Å². The molecular weight excluding hydrogens is 344 g/mol. The number of hydrogen-bond acceptors (Lipinski definition) is 4. The number of benzene rings is 2. The Balaban J connectivity index is 1.63. The Kier molecular flexibility index (Phi) is 4.46. The summed E-state index contributed by atoms with van der Waals surface area (Å²) in [7, 11) is 0. The number of ether oxygens (including phenoxy) is 1. The largest absolute Gasteiger partial charge is 0.443 e. The quantitative estimate of drug-likeness (QED) is 0.683. The third-order valence-electron chi connectivity index (χ3n) is 4.46. The number of H-pyrrole nitrogens is 1. The monoisotopic (exact) mass is 362 g/mol. The number of aromatic nitrogens is 1. The van der Waals surface area contributed by atoms with Crippen molar-refractivity contribution in [3.8, 4) is 0 Å². The highest BCUT2D eigenvalue weighted by Crippen LogP contribution is 2.24. The molecule has 1 atom stereocenters. The van der Waals surface area contributed by atoms with Gasteiger partial charge < -0.3 is 15.0 Å². The first-order chi connectivity index (χ1) is 13.1. The highest BCUT2D eigenvalue weighted by molar-refractivity contribution is 5.95. The normalized spacial score (nSPS) is 14.5. The molecule has 0 saturated heterocycles. The average Bonchev–Trinajstić information content (AvgIpc) is 3.50. The molecule has 2 aromatic carbocycles. The number of carbonyl (C=O) groups excluding carboxylic acids is 2. The molecule has 4 rings (SSSR count). The average molecular weight is 362 g/mol. The highest BCUT2D eigenvalue weighted by Gasteiger charge is 2.31. The van der Waals surface area contributed by atoms with E-state index in [0.29, 0.717) is 16.3 Å². The molecule has 27 heavy (non-hydrogen) atoms. The van der Waals surface area contributed by atoms with E-state index in [-0.39, 0.29) is 23.2 Å². The van der Waals surface area contributed by atoms with Crippen molar-refractivity contribution in [2.24, 2.45) is 0 Å². The summed E-state index contributed by atoms with van der Waals surface area (Å²) in [5.74, 6) is -1.11. The number of nitrogens with one attached hydrogen (secondary N) is 2. The first kappa shape index (κ1) is 17.0. The molecule has 1 aliphatic rings. The van der Waals surface area contributed by atoms with Gasteiger partial charge in [-0.3, -0.25) is 9.59 Å². The van der Waals surface area contributed by atoms with Crippen molar-refractivity contribution >= 4 is 22.6 Å². The van der Waals surface area contributed by atoms with Gasteiger partial charge in [0.15, 0.2) is 0 Å². The standard InChI is InChI=1S/C21H18N2O4/c24-19-16-9-5-4-8-14(16)12-17(23-19)21(26)27-18(13-6-2-1-3-7-13)20(25)22-15-10-11-15/h1-9,12,15,18H,10-11H2,(H,22,25)(H,23,24)/t18-/m1/s1. The van der Waals surface area contributed by atoms with Gasteiger partial charge in [0, 0.05) is 17.0 Å². The summed E-state index contributed by atoms with van der Waals surface area (Å²) in [6.45, 7) is 0. The van der Waals surface area contributed by atoms with Gasteiger partial charge in [0.25, 0.3) is 11.5 Å². The zero-order valence-corrected chi connectivity index (χ0v) is 14.5. The van der Waals surface area contributed by atoms with Gasteiger partial charge in [-0.15, -0.1) is 0 Å². The number of aromatic amines is 1. The zero-order valence-electron chi connectivity index (χ0n) is 14.5. The minimum atomic E-state index is -1.07. The van der Waals surface area contributed by atoms with E-state index in [4.69, 9.17) is 4.74 Å². The van der Waals surface area contributed by atoms with Crippen LogP contribution < -0.4 is 10.9 Å². The lowest BCUT2D eigenvalue weighted by Crippen LogP contribution is -2.34. The van der Waals surface area contributed by atoms with Crippen LogP contribution in [0.15, 0.2) is 65.5 Å². The number of carbonyl (C=O) groups is 2. The Labute approximate surface area is 155 Å². The Bertz CT molecular complexity index is 1050. The second kappa shape index (κ2) is 7.07. The molecule has 1 saturated carbocycles. The number of rotatable bonds is 5. The number of hydrogen-bond donors (Lipinski definition) is 2. The SMILES string of the molecule is O=C(O[C@@H](C(=O)NC1CC1)c1ccccc1)c1cc2ccccc2c(=O)[nH]1. The van der Waals surface area contributed by atoms with Gasteiger partial charge in [0.1, 0.15) is 5.69 Å². The molecule has 136 valence electrons. The molecule has 1 fully saturated rings. The van der Waals surface area contributed by atoms with Crippen LogP contribution in [0.25, 0.3) is 10.8 Å². The summed E-state index contributed by atoms with van der Waals surface area (Å²) in [5, 5.41) is 3.98. The van der Waals surface area contributed by atoms with Gasteiger partial charge in [0.2, 0.25) is 6.10 Å². The molecule has 3 aromatic rings. The molecule has 1 aromatic heterocycles. The molecule has 2 N–H and O–H groups in total. The number of fused-ring (bicyclic) bond motifs is 1. The molecule has 1 heterocycles. The van der Waals surface area contributed by atoms with E-state index in [1.54, 1.807) is 54.6 Å². The summed E-state index contributed by atoms with van der Waals surface area (Å²) < 4.78 is 5.50. The van der Waals surface area contributed by atoms with Crippen molar-refractivity contribution < 1.29 is 14.3 Å². The predicted octanol–water partition coefficient (Wildman–Crippen LogP) is 2.70. The molecule has 1 amide bonds. The van der Waals surface area contributed by atoms with Crippen molar-refractivity contribution in [1.82, 2.24) is 10.3 Å². The molecule has 0 bridgehead atoms. The molecule has 0 radical (unpaired) electrons. The van der Waals surface area contributed by atoms with E-state index >= 15 is 0 Å². The molecule has 1 aliphatic carbocycles. The fraction of sp³-hybridized carbons (Fsp3) is 0.190. The van der Waals surface area contributed by atoms with Crippen molar-refractivity contribution in [2.75, 3.05) is 0 Å². The minimum absolute atomic E-state index is 0.0128. The Morgan fingerprint density at radius 2 is 1.74 bits per heavy atom. The molecule has 6 nitrogen and oxygen atoms in total. The lowest BCUT2D eigenvalue weighted by Gasteiger charge is -2.18. The van der Waals surface area contributed by atoms with Gasteiger partial charge in [-0.25, -0.2) is 4.79 Å². The fourth-order valence-corrected chi connectivity index (χ4v) is 2.90. The van der Waals surface area contributed by atoms with Crippen molar-refractivity contribution in [3.05, 3.63) is 82.3 Å². The van der Waals surface area contributed by atoms with Crippen LogP contribution in [0.5, 0.6) is 0 Å². The van der Waals surface area contributed by atoms with Crippen LogP contribution in [0, 0.1) is 0 Å². The maximum Gasteiger partial charge on any atom is 0.355 e. The summed E-state index contributed by atoms with van der Waals surface area (Å²) in [6.07, 6.45) is 0.785. The molecule has 0 unspecified atom stereocenters. The molecule has 0 aliphatic heterocycles. The second-order valence-electron chi connectivity index (χ2n) is 6.58. The van der Waals surface area contributed by atoms with Gasteiger partial charge in [-0.05, 0) is 30.4 Å². The lowest BCUT2D eigenvalue weighted by atomic mass is 10.1. The Morgan fingerprint density at radius 1 is 1.04 bits per heavy atom. The maximum absolute atomic E-state index is 12.7. The summed E-state index contributed by atoms with van der Waals surface area (Å²) in [5.41, 5.74) is 0.213. The third kappa shape index (κ3) is 3.74. The second-order valence-corrected chi connectivity index (χ2v) is 6.58. The van der Waals surface area contributed by atoms with E-state index in [1.807, 2.05) is 6.07 Å². The number of pyridine rings is 1. The predicted molar refractivity (Wildman–Crippen MR) is 100 cm³/mol. The van der Waals surface area contributed by atoms with Crippen molar-refractivity contribution in [3.63, 3.8) is 0 Å². The first-order valence-electron chi connectivity index (χ1n) is 8.80. The number of amides is 1. The van der Waals surface area contributed by atoms with E-state index < -0.39 is 12.1 Å². The van der Waals surface area contributed by atoms with Crippen LogP contribution in [0.3, 0.4) is 0 Å². The van der Waals surface area contributed by atoms with Crippen LogP contribution in [0.1, 0.15) is 35.0 Å². The van der Waals surface area contributed by atoms with Gasteiger partial charge in [-0.2, -0.15) is 0 Å².